The highest BCUT2D eigenvalue weighted by atomic mass is 14.9. The van der Waals surface area contributed by atoms with Gasteiger partial charge in [-0.25, -0.2) is 4.98 Å². The first-order valence-electron chi connectivity index (χ1n) is 5.31. The minimum absolute atomic E-state index is 0.169. The summed E-state index contributed by atoms with van der Waals surface area (Å²) in [7, 11) is 0. The lowest BCUT2D eigenvalue weighted by atomic mass is 9.86. The molecule has 1 aliphatic rings. The van der Waals surface area contributed by atoms with Gasteiger partial charge in [0.05, 0.1) is 17.4 Å². The average molecular weight is 201 g/mol. The Hall–Kier alpha value is -1.35. The fourth-order valence-corrected chi connectivity index (χ4v) is 2.66. The molecule has 78 valence electrons. The molecule has 2 aromatic rings. The fourth-order valence-electron chi connectivity index (χ4n) is 2.66. The first-order chi connectivity index (χ1) is 7.08. The zero-order chi connectivity index (χ0) is 10.6. The number of benzene rings is 1. The molecule has 0 aliphatic heterocycles. The third kappa shape index (κ3) is 1.13. The van der Waals surface area contributed by atoms with E-state index in [0.717, 1.165) is 17.5 Å². The fraction of sp³-hybridized carbons (Fsp3) is 0.417. The van der Waals surface area contributed by atoms with Crippen LogP contribution >= 0.6 is 0 Å². The molecule has 0 spiro atoms. The molecule has 3 N–H and O–H groups in total. The van der Waals surface area contributed by atoms with E-state index in [1.807, 2.05) is 0 Å². The Kier molecular flexibility index (Phi) is 1.55. The summed E-state index contributed by atoms with van der Waals surface area (Å²) in [4.78, 5) is 7.42. The molecule has 1 aromatic heterocycles. The molecule has 0 amide bonds. The monoisotopic (exact) mass is 201 g/mol. The Labute approximate surface area is 88.7 Å². The Morgan fingerprint density at radius 1 is 1.47 bits per heavy atom. The van der Waals surface area contributed by atoms with Gasteiger partial charge in [0.25, 0.3) is 0 Å². The molecule has 3 nitrogen and oxygen atoms in total. The second kappa shape index (κ2) is 2.61. The lowest BCUT2D eigenvalue weighted by molar-refractivity contribution is 0.481. The second-order valence-electron chi connectivity index (χ2n) is 5.05. The van der Waals surface area contributed by atoms with Crippen LogP contribution in [-0.2, 0) is 5.41 Å². The number of imidazole rings is 1. The summed E-state index contributed by atoms with van der Waals surface area (Å²) in [5.41, 5.74) is 11.1. The molecule has 1 atom stereocenters. The smallest absolute Gasteiger partial charge is 0.0931 e. The summed E-state index contributed by atoms with van der Waals surface area (Å²) in [6.45, 7) is 4.49. The van der Waals surface area contributed by atoms with Gasteiger partial charge in [-0.1, -0.05) is 13.8 Å². The van der Waals surface area contributed by atoms with Crippen molar-refractivity contribution in [2.45, 2.75) is 31.7 Å². The number of hydrogen-bond acceptors (Lipinski definition) is 2. The van der Waals surface area contributed by atoms with Crippen molar-refractivity contribution in [2.75, 3.05) is 0 Å². The maximum absolute atomic E-state index is 6.15. The molecule has 0 saturated carbocycles. The van der Waals surface area contributed by atoms with Crippen molar-refractivity contribution in [1.82, 2.24) is 9.97 Å². The van der Waals surface area contributed by atoms with Crippen molar-refractivity contribution in [3.63, 3.8) is 0 Å². The summed E-state index contributed by atoms with van der Waals surface area (Å²) in [5, 5.41) is 0. The highest BCUT2D eigenvalue weighted by Gasteiger charge is 2.35. The first kappa shape index (κ1) is 8.92. The maximum Gasteiger partial charge on any atom is 0.0931 e. The zero-order valence-electron chi connectivity index (χ0n) is 9.04. The Bertz CT molecular complexity index is 525. The van der Waals surface area contributed by atoms with Gasteiger partial charge in [0.1, 0.15) is 0 Å². The van der Waals surface area contributed by atoms with Gasteiger partial charge in [0.15, 0.2) is 0 Å². The van der Waals surface area contributed by atoms with Crippen LogP contribution in [0.4, 0.5) is 0 Å². The molecule has 0 bridgehead atoms. The van der Waals surface area contributed by atoms with Crippen molar-refractivity contribution in [3.8, 4) is 0 Å². The molecule has 0 fully saturated rings. The van der Waals surface area contributed by atoms with Crippen molar-refractivity contribution in [1.29, 1.82) is 0 Å². The Morgan fingerprint density at radius 2 is 2.27 bits per heavy atom. The third-order valence-corrected chi connectivity index (χ3v) is 3.45. The van der Waals surface area contributed by atoms with E-state index in [1.165, 1.54) is 11.1 Å². The summed E-state index contributed by atoms with van der Waals surface area (Å²) in [6.07, 6.45) is 2.76. The number of hydrogen-bond donors (Lipinski definition) is 2. The number of H-pyrrole nitrogens is 1. The van der Waals surface area contributed by atoms with Crippen LogP contribution in [0, 0.1) is 0 Å². The summed E-state index contributed by atoms with van der Waals surface area (Å²) in [6, 6.07) is 4.49. The van der Waals surface area contributed by atoms with Gasteiger partial charge < -0.3 is 10.7 Å². The molecule has 0 radical (unpaired) electrons. The summed E-state index contributed by atoms with van der Waals surface area (Å²) < 4.78 is 0. The van der Waals surface area contributed by atoms with Crippen LogP contribution < -0.4 is 5.73 Å². The lowest BCUT2D eigenvalue weighted by Gasteiger charge is -2.18. The van der Waals surface area contributed by atoms with E-state index in [2.05, 4.69) is 35.9 Å². The molecule has 1 unspecified atom stereocenters. The average Bonchev–Trinajstić information content (AvgIpc) is 2.68. The van der Waals surface area contributed by atoms with Crippen LogP contribution in [0.1, 0.15) is 37.4 Å². The predicted molar refractivity (Wildman–Crippen MR) is 60.7 cm³/mol. The number of rotatable bonds is 0. The predicted octanol–water partition coefficient (Wildman–Crippen LogP) is 2.24. The van der Waals surface area contributed by atoms with Gasteiger partial charge in [0, 0.05) is 6.04 Å². The molecule has 1 aromatic carbocycles. The number of fused-ring (bicyclic) bond motifs is 2. The van der Waals surface area contributed by atoms with Crippen molar-refractivity contribution < 1.29 is 0 Å². The van der Waals surface area contributed by atoms with E-state index < -0.39 is 0 Å². The minimum atomic E-state index is 0.169. The summed E-state index contributed by atoms with van der Waals surface area (Å²) in [5.74, 6) is 0. The number of nitrogens with one attached hydrogen (secondary N) is 1. The van der Waals surface area contributed by atoms with Gasteiger partial charge in [-0.05, 0) is 35.1 Å². The van der Waals surface area contributed by atoms with Crippen LogP contribution in [-0.4, -0.2) is 9.97 Å². The van der Waals surface area contributed by atoms with E-state index in [4.69, 9.17) is 5.73 Å². The van der Waals surface area contributed by atoms with Crippen molar-refractivity contribution in [2.24, 2.45) is 5.73 Å². The standard InChI is InChI=1S/C12H15N3/c1-12(2)5-9(13)7-3-10-11(4-8(7)12)15-6-14-10/h3-4,6,9H,5,13H2,1-2H3,(H,14,15). The van der Waals surface area contributed by atoms with Crippen molar-refractivity contribution in [3.05, 3.63) is 29.6 Å². The Balaban J connectivity index is 2.34. The van der Waals surface area contributed by atoms with Crippen LogP contribution in [0.2, 0.25) is 0 Å². The topological polar surface area (TPSA) is 54.7 Å². The first-order valence-corrected chi connectivity index (χ1v) is 5.31. The molecule has 0 saturated heterocycles. The van der Waals surface area contributed by atoms with Gasteiger partial charge >= 0.3 is 0 Å². The summed E-state index contributed by atoms with van der Waals surface area (Å²) >= 11 is 0. The quantitative estimate of drug-likeness (QED) is 0.686. The van der Waals surface area contributed by atoms with E-state index in [-0.39, 0.29) is 11.5 Å². The van der Waals surface area contributed by atoms with Gasteiger partial charge in [-0.15, -0.1) is 0 Å². The second-order valence-corrected chi connectivity index (χ2v) is 5.05. The number of nitrogens with zero attached hydrogens (tertiary/aromatic N) is 1. The SMILES string of the molecule is CC1(C)CC(N)c2cc3[nH]cnc3cc21. The molecular formula is C12H15N3. The molecule has 1 heterocycles. The van der Waals surface area contributed by atoms with E-state index in [1.54, 1.807) is 6.33 Å². The maximum atomic E-state index is 6.15. The lowest BCUT2D eigenvalue weighted by Crippen LogP contribution is -2.14. The molecule has 1 aliphatic carbocycles. The highest BCUT2D eigenvalue weighted by molar-refractivity contribution is 5.77. The highest BCUT2D eigenvalue weighted by Crippen LogP contribution is 2.44. The molecule has 15 heavy (non-hydrogen) atoms. The van der Waals surface area contributed by atoms with Crippen LogP contribution in [0.3, 0.4) is 0 Å². The van der Waals surface area contributed by atoms with E-state index in [9.17, 15) is 0 Å². The van der Waals surface area contributed by atoms with Gasteiger partial charge in [-0.3, -0.25) is 0 Å². The number of nitrogens with two attached hydrogens (primary N) is 1. The number of aromatic nitrogens is 2. The van der Waals surface area contributed by atoms with E-state index >= 15 is 0 Å². The van der Waals surface area contributed by atoms with Gasteiger partial charge in [0.2, 0.25) is 0 Å². The molecule has 3 heteroatoms. The molecular weight excluding hydrogens is 186 g/mol. The van der Waals surface area contributed by atoms with Crippen molar-refractivity contribution >= 4 is 11.0 Å². The minimum Gasteiger partial charge on any atom is -0.345 e. The van der Waals surface area contributed by atoms with Gasteiger partial charge in [-0.2, -0.15) is 0 Å². The normalized spacial score (nSPS) is 23.3. The van der Waals surface area contributed by atoms with Crippen LogP contribution in [0.25, 0.3) is 11.0 Å². The van der Waals surface area contributed by atoms with Crippen LogP contribution in [0.5, 0.6) is 0 Å². The zero-order valence-corrected chi connectivity index (χ0v) is 9.04. The molecule has 3 rings (SSSR count). The number of aromatic amines is 1. The van der Waals surface area contributed by atoms with Crippen LogP contribution in [0.15, 0.2) is 18.5 Å². The Morgan fingerprint density at radius 3 is 3.07 bits per heavy atom. The third-order valence-electron chi connectivity index (χ3n) is 3.45. The largest absolute Gasteiger partial charge is 0.345 e. The van der Waals surface area contributed by atoms with E-state index in [0.29, 0.717) is 0 Å².